The largest absolute Gasteiger partial charge is 0.508 e. The first-order chi connectivity index (χ1) is 30.1. The number of carbonyl (C=O) groups is 2. The van der Waals surface area contributed by atoms with E-state index in [1.54, 1.807) is 12.1 Å². The summed E-state index contributed by atoms with van der Waals surface area (Å²) in [7, 11) is 1.88. The fourth-order valence-corrected chi connectivity index (χ4v) is 12.1. The second-order valence-corrected chi connectivity index (χ2v) is 17.5. The maximum absolute atomic E-state index is 14.1. The molecule has 0 radical (unpaired) electrons. The molecule has 12 N–H and O–H groups in total. The number of aliphatic hydroxyl groups is 3. The van der Waals surface area contributed by atoms with Gasteiger partial charge in [-0.3, -0.25) is 9.79 Å². The molecule has 1 aliphatic heterocycles. The lowest BCUT2D eigenvalue weighted by atomic mass is 9.33. The summed E-state index contributed by atoms with van der Waals surface area (Å²) in [4.78, 5) is 43.8. The summed E-state index contributed by atoms with van der Waals surface area (Å²) in [6.45, 7) is -0.893. The minimum absolute atomic E-state index is 0.0368. The number of aliphatic hydroxyl groups excluding tert-OH is 2. The Kier molecular flexibility index (Phi) is 9.02. The van der Waals surface area contributed by atoms with Crippen molar-refractivity contribution in [3.63, 3.8) is 0 Å². The Morgan fingerprint density at radius 1 is 1.00 bits per heavy atom. The van der Waals surface area contributed by atoms with Crippen molar-refractivity contribution >= 4 is 40.8 Å². The molecule has 17 heteroatoms. The number of hydrogen-bond acceptors (Lipinski definition) is 14. The molecule has 13 unspecified atom stereocenters. The number of nitrogens with two attached hydrogens (primary N) is 2. The van der Waals surface area contributed by atoms with Crippen LogP contribution in [0.5, 0.6) is 23.0 Å². The lowest BCUT2D eigenvalue weighted by Crippen LogP contribution is -2.73. The van der Waals surface area contributed by atoms with Crippen LogP contribution >= 0.6 is 0 Å². The van der Waals surface area contributed by atoms with Crippen molar-refractivity contribution in [1.29, 1.82) is 0 Å². The summed E-state index contributed by atoms with van der Waals surface area (Å²) in [5.74, 6) is -5.20. The molecule has 1 saturated heterocycles. The van der Waals surface area contributed by atoms with Crippen LogP contribution < -0.4 is 26.9 Å². The Bertz CT molecular complexity index is 2820. The Labute approximate surface area is 357 Å². The van der Waals surface area contributed by atoms with Gasteiger partial charge in [0.25, 0.3) is 0 Å². The first-order valence-corrected chi connectivity index (χ1v) is 20.5. The van der Waals surface area contributed by atoms with Crippen LogP contribution in [0.3, 0.4) is 0 Å². The average Bonchev–Trinajstić information content (AvgIpc) is 3.26. The number of rotatable bonds is 9. The van der Waals surface area contributed by atoms with Gasteiger partial charge in [0.1, 0.15) is 46.6 Å². The van der Waals surface area contributed by atoms with Gasteiger partial charge in [-0.25, -0.2) is 4.79 Å². The molecular weight excluding hydrogens is 817 g/mol. The monoisotopic (exact) mass is 860 g/mol. The van der Waals surface area contributed by atoms with Gasteiger partial charge in [0.05, 0.1) is 12.0 Å². The van der Waals surface area contributed by atoms with Crippen molar-refractivity contribution in [3.8, 4) is 34.3 Å². The maximum atomic E-state index is 14.1. The van der Waals surface area contributed by atoms with E-state index in [4.69, 9.17) is 25.4 Å². The molecule has 326 valence electrons. The second kappa shape index (κ2) is 14.0. The number of phenols is 3. The topological polar surface area (TPSA) is 301 Å². The third-order valence-electron chi connectivity index (χ3n) is 14.6. The van der Waals surface area contributed by atoms with Crippen LogP contribution in [0.15, 0.2) is 93.1 Å². The second-order valence-electron chi connectivity index (χ2n) is 17.5. The standard InChI is InChI=1S/C46H44N4O13/c1-49-38-23-8-9-28-26-16-44(11-10-21(23)26)27-5-3-2-4-19(27)12-25(37(44)45(28,38)18-51)24-13-20(52)6-7-22(24)30-14-29(53)33-31(61-30)15-32(34(54)35(33)55)62-42-40(57)46(60,17-50-43(47)48)39(56)36(63-42)41(58)59/h2-15,18,21,23,26,28,36-40,42,49,52,54-57,60H,16-17H2,1H3,(H,58,59)(H4,47,48,50). The van der Waals surface area contributed by atoms with Crippen molar-refractivity contribution in [2.75, 3.05) is 13.6 Å². The Morgan fingerprint density at radius 3 is 2.51 bits per heavy atom. The predicted octanol–water partition coefficient (Wildman–Crippen LogP) is 1.69. The number of guanidine groups is 1. The van der Waals surface area contributed by atoms with Crippen molar-refractivity contribution in [2.24, 2.45) is 51.5 Å². The summed E-state index contributed by atoms with van der Waals surface area (Å²) in [6.07, 6.45) is 4.11. The number of nitrogens with zero attached hydrogens (tertiary/aromatic N) is 1. The summed E-state index contributed by atoms with van der Waals surface area (Å²) in [5, 5.41) is 79.6. The van der Waals surface area contributed by atoms with Gasteiger partial charge in [-0.1, -0.05) is 54.6 Å². The highest BCUT2D eigenvalue weighted by Gasteiger charge is 2.72. The summed E-state index contributed by atoms with van der Waals surface area (Å²) < 4.78 is 17.4. The van der Waals surface area contributed by atoms with Crippen LogP contribution in [0.2, 0.25) is 0 Å². The fraction of sp³-hybridized carbons (Fsp3) is 0.348. The van der Waals surface area contributed by atoms with E-state index in [2.05, 4.69) is 40.7 Å². The van der Waals surface area contributed by atoms with E-state index >= 15 is 0 Å². The van der Waals surface area contributed by atoms with E-state index in [0.717, 1.165) is 41.5 Å². The molecule has 0 amide bonds. The molecule has 13 atom stereocenters. The number of carboxylic acid groups (broad SMARTS) is 1. The van der Waals surface area contributed by atoms with Crippen LogP contribution in [-0.4, -0.2) is 104 Å². The number of carbonyl (C=O) groups excluding carboxylic acids is 1. The number of nitrogens with one attached hydrogen (secondary N) is 1. The lowest BCUT2D eigenvalue weighted by molar-refractivity contribution is -0.303. The minimum atomic E-state index is -2.76. The highest BCUT2D eigenvalue weighted by Crippen LogP contribution is 2.73. The number of carboxylic acids is 1. The van der Waals surface area contributed by atoms with Gasteiger partial charge in [0.15, 0.2) is 29.0 Å². The lowest BCUT2D eigenvalue weighted by Gasteiger charge is -2.71. The molecule has 1 aromatic heterocycles. The SMILES string of the molecule is CNC1C2C=CC3C4CC5(C=CC24)c2ccccc2C=C(c2cc(O)ccc2-c2cc(=O)c4c(O)c(O)c(OC6OC(C(=O)O)C(O)C(O)(CN=C(N)N)C6O)cc4o2)C5C31C=O. The number of aromatic hydroxyl groups is 3. The molecule has 1 spiro atoms. The number of ether oxygens (including phenoxy) is 2. The van der Waals surface area contributed by atoms with Gasteiger partial charge in [0.2, 0.25) is 12.0 Å². The molecule has 63 heavy (non-hydrogen) atoms. The molecule has 17 nitrogen and oxygen atoms in total. The number of phenolic OH excluding ortho intramolecular Hbond substituents is 3. The molecule has 11 rings (SSSR count). The molecule has 7 aliphatic rings. The van der Waals surface area contributed by atoms with Gasteiger partial charge in [0, 0.05) is 35.1 Å². The van der Waals surface area contributed by atoms with Crippen LogP contribution in [-0.2, 0) is 19.7 Å². The predicted molar refractivity (Wildman–Crippen MR) is 225 cm³/mol. The smallest absolute Gasteiger partial charge is 0.335 e. The Morgan fingerprint density at radius 2 is 1.78 bits per heavy atom. The molecule has 6 aliphatic carbocycles. The van der Waals surface area contributed by atoms with E-state index in [1.807, 2.05) is 31.3 Å². The molecule has 2 heterocycles. The first-order valence-electron chi connectivity index (χ1n) is 20.5. The number of hydrogen-bond donors (Lipinski definition) is 10. The number of benzene rings is 3. The first kappa shape index (κ1) is 40.6. The third kappa shape index (κ3) is 5.46. The fourth-order valence-electron chi connectivity index (χ4n) is 12.1. The Balaban J connectivity index is 1.13. The zero-order valence-electron chi connectivity index (χ0n) is 33.5. The van der Waals surface area contributed by atoms with Crippen molar-refractivity contribution < 1.29 is 59.2 Å². The molecule has 5 bridgehead atoms. The van der Waals surface area contributed by atoms with E-state index in [-0.39, 0.29) is 46.8 Å². The normalized spacial score (nSPS) is 35.4. The maximum Gasteiger partial charge on any atom is 0.335 e. The Hall–Kier alpha value is -6.50. The minimum Gasteiger partial charge on any atom is -0.508 e. The summed E-state index contributed by atoms with van der Waals surface area (Å²) >= 11 is 0. The molecule has 4 aromatic rings. The van der Waals surface area contributed by atoms with Crippen LogP contribution in [0.4, 0.5) is 0 Å². The third-order valence-corrected chi connectivity index (χ3v) is 14.6. The van der Waals surface area contributed by atoms with E-state index in [0.29, 0.717) is 11.1 Å². The number of fused-ring (bicyclic) bond motifs is 2. The number of aldehydes is 1. The molecular formula is C46H44N4O13. The number of aliphatic carboxylic acids is 1. The molecule has 3 fully saturated rings. The van der Waals surface area contributed by atoms with Gasteiger partial charge in [-0.05, 0) is 77.6 Å². The quantitative estimate of drug-likeness (QED) is 0.0377. The number of aliphatic imine (C=N–C) groups is 1. The summed E-state index contributed by atoms with van der Waals surface area (Å²) in [5.41, 5.74) is 8.90. The van der Waals surface area contributed by atoms with Crippen LogP contribution in [0, 0.1) is 35.0 Å². The van der Waals surface area contributed by atoms with Crippen molar-refractivity contribution in [2.45, 2.75) is 48.1 Å². The highest BCUT2D eigenvalue weighted by molar-refractivity contribution is 5.97. The van der Waals surface area contributed by atoms with Gasteiger partial charge < -0.3 is 71.2 Å². The van der Waals surface area contributed by atoms with Crippen LogP contribution in [0.25, 0.3) is 33.9 Å². The van der Waals surface area contributed by atoms with Crippen LogP contribution in [0.1, 0.15) is 23.1 Å². The van der Waals surface area contributed by atoms with Gasteiger partial charge >= 0.3 is 5.97 Å². The van der Waals surface area contributed by atoms with Crippen molar-refractivity contribution in [3.05, 3.63) is 106 Å². The summed E-state index contributed by atoms with van der Waals surface area (Å²) in [6, 6.07) is 14.5. The molecule has 2 saturated carbocycles. The van der Waals surface area contributed by atoms with E-state index < -0.39 is 93.5 Å². The zero-order chi connectivity index (χ0) is 44.5. The van der Waals surface area contributed by atoms with Gasteiger partial charge in [-0.2, -0.15) is 0 Å². The highest BCUT2D eigenvalue weighted by atomic mass is 16.7. The van der Waals surface area contributed by atoms with Gasteiger partial charge in [-0.15, -0.1) is 0 Å². The molecule has 3 aromatic carbocycles. The van der Waals surface area contributed by atoms with E-state index in [1.165, 1.54) is 6.07 Å². The zero-order valence-corrected chi connectivity index (χ0v) is 33.5. The van der Waals surface area contributed by atoms with Crippen molar-refractivity contribution in [1.82, 2.24) is 5.32 Å². The van der Waals surface area contributed by atoms with E-state index in [9.17, 15) is 50.1 Å². The average molecular weight is 861 g/mol. The number of allylic oxidation sites excluding steroid dienone is 4.